The van der Waals surface area contributed by atoms with Gasteiger partial charge in [-0.3, -0.25) is 0 Å². The van der Waals surface area contributed by atoms with Gasteiger partial charge in [0.1, 0.15) is 0 Å². The average molecular weight is 297 g/mol. The fraction of sp³-hybridized carbons (Fsp3) is 0. The number of benzene rings is 1. The maximum absolute atomic E-state index is 11.0. The first-order valence-electron chi connectivity index (χ1n) is 4.85. The van der Waals surface area contributed by atoms with E-state index in [1.165, 1.54) is 30.0 Å². The zero-order chi connectivity index (χ0) is 14.0. The molecule has 0 aliphatic rings. The first-order chi connectivity index (χ1) is 8.97. The van der Waals surface area contributed by atoms with Gasteiger partial charge >= 0.3 is 11.9 Å². The number of aromatic carboxylic acids is 2. The lowest BCUT2D eigenvalue weighted by Crippen LogP contribution is -2.07. The molecule has 0 unspecified atom stereocenters. The molecule has 0 bridgehead atoms. The predicted octanol–water partition coefficient (Wildman–Crippen LogP) is 1.67. The Morgan fingerprint density at radius 2 is 1.84 bits per heavy atom. The fourth-order valence-corrected chi connectivity index (χ4v) is 2.96. The minimum atomic E-state index is -1.29. The number of nitrogens with zero attached hydrogens (tertiary/aromatic N) is 2. The number of nitrogen functional groups attached to an aromatic ring is 1. The van der Waals surface area contributed by atoms with Crippen molar-refractivity contribution in [3.8, 4) is 0 Å². The summed E-state index contributed by atoms with van der Waals surface area (Å²) in [5.41, 5.74) is 4.91. The zero-order valence-corrected chi connectivity index (χ0v) is 10.9. The van der Waals surface area contributed by atoms with Gasteiger partial charge in [-0.25, -0.2) is 9.59 Å². The molecule has 0 atom stereocenters. The van der Waals surface area contributed by atoms with Crippen LogP contribution in [0.2, 0.25) is 0 Å². The first-order valence-corrected chi connectivity index (χ1v) is 6.48. The summed E-state index contributed by atoms with van der Waals surface area (Å²) in [6, 6.07) is 4.05. The van der Waals surface area contributed by atoms with Gasteiger partial charge < -0.3 is 15.9 Å². The van der Waals surface area contributed by atoms with Crippen LogP contribution in [0.1, 0.15) is 20.7 Å². The molecule has 0 amide bonds. The summed E-state index contributed by atoms with van der Waals surface area (Å²) in [5.74, 6) is -2.58. The summed E-state index contributed by atoms with van der Waals surface area (Å²) in [4.78, 5) is 22.5. The van der Waals surface area contributed by atoms with Gasteiger partial charge in [0.05, 0.1) is 11.1 Å². The zero-order valence-electron chi connectivity index (χ0n) is 9.23. The number of carbonyl (C=O) groups is 2. The summed E-state index contributed by atoms with van der Waals surface area (Å²) in [6.45, 7) is 0. The molecule has 1 aromatic carbocycles. The maximum Gasteiger partial charge on any atom is 0.336 e. The largest absolute Gasteiger partial charge is 0.478 e. The molecule has 0 saturated carbocycles. The fourth-order valence-electron chi connectivity index (χ4n) is 1.31. The molecule has 7 nitrogen and oxygen atoms in total. The minimum absolute atomic E-state index is 0.256. The maximum atomic E-state index is 11.0. The molecule has 0 aliphatic heterocycles. The van der Waals surface area contributed by atoms with Crippen molar-refractivity contribution >= 4 is 40.2 Å². The third kappa shape index (κ3) is 3.01. The van der Waals surface area contributed by atoms with Crippen molar-refractivity contribution in [1.82, 2.24) is 10.2 Å². The molecule has 0 aliphatic carbocycles. The van der Waals surface area contributed by atoms with E-state index in [1.807, 2.05) is 0 Å². The van der Waals surface area contributed by atoms with Crippen molar-refractivity contribution in [1.29, 1.82) is 0 Å². The molecule has 98 valence electrons. The van der Waals surface area contributed by atoms with E-state index in [-0.39, 0.29) is 11.1 Å². The first kappa shape index (κ1) is 13.3. The van der Waals surface area contributed by atoms with Gasteiger partial charge in [0.15, 0.2) is 4.34 Å². The van der Waals surface area contributed by atoms with Crippen molar-refractivity contribution in [2.24, 2.45) is 0 Å². The van der Waals surface area contributed by atoms with Crippen LogP contribution < -0.4 is 5.73 Å². The van der Waals surface area contributed by atoms with Crippen LogP contribution in [0.3, 0.4) is 0 Å². The summed E-state index contributed by atoms with van der Waals surface area (Å²) in [5, 5.41) is 25.6. The highest BCUT2D eigenvalue weighted by Crippen LogP contribution is 2.32. The lowest BCUT2D eigenvalue weighted by Gasteiger charge is -2.03. The van der Waals surface area contributed by atoms with Crippen molar-refractivity contribution < 1.29 is 19.8 Å². The van der Waals surface area contributed by atoms with Gasteiger partial charge in [0.2, 0.25) is 5.13 Å². The van der Waals surface area contributed by atoms with E-state index in [0.29, 0.717) is 14.4 Å². The number of aromatic nitrogens is 2. The van der Waals surface area contributed by atoms with Gasteiger partial charge in [-0.15, -0.1) is 10.2 Å². The number of nitrogens with two attached hydrogens (primary N) is 1. The van der Waals surface area contributed by atoms with E-state index in [9.17, 15) is 9.59 Å². The van der Waals surface area contributed by atoms with Crippen LogP contribution in [0, 0.1) is 0 Å². The van der Waals surface area contributed by atoms with Crippen LogP contribution in [0.25, 0.3) is 0 Å². The van der Waals surface area contributed by atoms with Gasteiger partial charge in [0, 0.05) is 4.90 Å². The highest BCUT2D eigenvalue weighted by molar-refractivity contribution is 8.01. The number of hydrogen-bond donors (Lipinski definition) is 3. The molecule has 9 heteroatoms. The predicted molar refractivity (Wildman–Crippen MR) is 68.8 cm³/mol. The van der Waals surface area contributed by atoms with E-state index in [1.54, 1.807) is 0 Å². The quantitative estimate of drug-likeness (QED) is 0.777. The Bertz CT molecular complexity index is 656. The number of hydrogen-bond acceptors (Lipinski definition) is 7. The number of rotatable bonds is 4. The second-order valence-electron chi connectivity index (χ2n) is 3.33. The highest BCUT2D eigenvalue weighted by Gasteiger charge is 2.17. The molecule has 0 saturated heterocycles. The van der Waals surface area contributed by atoms with E-state index < -0.39 is 11.9 Å². The van der Waals surface area contributed by atoms with Crippen LogP contribution in [-0.2, 0) is 0 Å². The minimum Gasteiger partial charge on any atom is -0.478 e. The lowest BCUT2D eigenvalue weighted by atomic mass is 10.1. The molecule has 1 aromatic heterocycles. The Hall–Kier alpha value is -2.13. The monoisotopic (exact) mass is 297 g/mol. The highest BCUT2D eigenvalue weighted by atomic mass is 32.2. The van der Waals surface area contributed by atoms with Gasteiger partial charge in [-0.1, -0.05) is 23.1 Å². The summed E-state index contributed by atoms with van der Waals surface area (Å²) >= 11 is 2.33. The molecular weight excluding hydrogens is 290 g/mol. The van der Waals surface area contributed by atoms with Crippen molar-refractivity contribution in [3.63, 3.8) is 0 Å². The summed E-state index contributed by atoms with van der Waals surface area (Å²) in [7, 11) is 0. The number of carboxylic acid groups (broad SMARTS) is 2. The van der Waals surface area contributed by atoms with Crippen LogP contribution in [0.5, 0.6) is 0 Å². The van der Waals surface area contributed by atoms with Gasteiger partial charge in [-0.05, 0) is 18.2 Å². The van der Waals surface area contributed by atoms with E-state index in [0.717, 1.165) is 11.3 Å². The lowest BCUT2D eigenvalue weighted by molar-refractivity contribution is 0.0651. The van der Waals surface area contributed by atoms with Gasteiger partial charge in [0.25, 0.3) is 0 Å². The Labute approximate surface area is 115 Å². The molecule has 1 heterocycles. The van der Waals surface area contributed by atoms with E-state index in [4.69, 9.17) is 15.9 Å². The molecule has 0 radical (unpaired) electrons. The molecule has 19 heavy (non-hydrogen) atoms. The van der Waals surface area contributed by atoms with Gasteiger partial charge in [-0.2, -0.15) is 0 Å². The van der Waals surface area contributed by atoms with Crippen LogP contribution >= 0.6 is 23.1 Å². The molecular formula is C10H7N3O4S2. The molecule has 4 N–H and O–H groups in total. The van der Waals surface area contributed by atoms with E-state index >= 15 is 0 Å². The molecule has 0 fully saturated rings. The van der Waals surface area contributed by atoms with Crippen LogP contribution in [0.15, 0.2) is 27.4 Å². The van der Waals surface area contributed by atoms with Crippen molar-refractivity contribution in [2.75, 3.05) is 5.73 Å². The van der Waals surface area contributed by atoms with E-state index in [2.05, 4.69) is 10.2 Å². The summed E-state index contributed by atoms with van der Waals surface area (Å²) < 4.78 is 0.553. The smallest absolute Gasteiger partial charge is 0.336 e. The molecule has 2 aromatic rings. The number of carboxylic acids is 2. The Morgan fingerprint density at radius 3 is 2.37 bits per heavy atom. The normalized spacial score (nSPS) is 10.3. The summed E-state index contributed by atoms with van der Waals surface area (Å²) in [6.07, 6.45) is 0. The Kier molecular flexibility index (Phi) is 3.67. The SMILES string of the molecule is Nc1nnc(Sc2ccc(C(=O)O)c(C(=O)O)c2)s1. The second kappa shape index (κ2) is 5.24. The number of anilines is 1. The van der Waals surface area contributed by atoms with Crippen LogP contribution in [-0.4, -0.2) is 32.3 Å². The third-order valence-electron chi connectivity index (χ3n) is 2.08. The topological polar surface area (TPSA) is 126 Å². The third-order valence-corrected chi connectivity index (χ3v) is 3.87. The molecule has 2 rings (SSSR count). The Balaban J connectivity index is 2.35. The van der Waals surface area contributed by atoms with Crippen molar-refractivity contribution in [3.05, 3.63) is 29.3 Å². The average Bonchev–Trinajstić information content (AvgIpc) is 2.74. The Morgan fingerprint density at radius 1 is 1.16 bits per heavy atom. The van der Waals surface area contributed by atoms with Crippen molar-refractivity contribution in [2.45, 2.75) is 9.24 Å². The second-order valence-corrected chi connectivity index (χ2v) is 5.66. The molecule has 0 spiro atoms. The van der Waals surface area contributed by atoms with Crippen LogP contribution in [0.4, 0.5) is 5.13 Å². The standard InChI is InChI=1S/C10H7N3O4S2/c11-9-12-13-10(19-9)18-4-1-2-5(7(14)15)6(3-4)8(16)17/h1-3H,(H2,11,12)(H,14,15)(H,16,17).